The van der Waals surface area contributed by atoms with Crippen molar-refractivity contribution in [3.8, 4) is 0 Å². The predicted octanol–water partition coefficient (Wildman–Crippen LogP) is 0.938. The summed E-state index contributed by atoms with van der Waals surface area (Å²) in [4.78, 5) is 2.16. The Bertz CT molecular complexity index is 128. The van der Waals surface area contributed by atoms with E-state index in [-0.39, 0.29) is 0 Å². The molecule has 0 spiro atoms. The molecule has 0 saturated carbocycles. The lowest BCUT2D eigenvalue weighted by molar-refractivity contribution is 0.275. The molecule has 0 amide bonds. The van der Waals surface area contributed by atoms with Gasteiger partial charge in [0.05, 0.1) is 5.75 Å². The lowest BCUT2D eigenvalue weighted by Gasteiger charge is -2.20. The molecule has 0 aliphatic heterocycles. The van der Waals surface area contributed by atoms with Crippen LogP contribution in [0.4, 0.5) is 0 Å². The average molecular weight is 179 g/mol. The Labute approximate surface area is 71.1 Å². The summed E-state index contributed by atoms with van der Waals surface area (Å²) in [6.07, 6.45) is 0.789. The van der Waals surface area contributed by atoms with Gasteiger partial charge in [0.25, 0.3) is 0 Å². The van der Waals surface area contributed by atoms with E-state index in [0.717, 1.165) is 13.0 Å². The van der Waals surface area contributed by atoms with Crippen molar-refractivity contribution < 1.29 is 8.76 Å². The lowest BCUT2D eigenvalue weighted by Crippen LogP contribution is -2.28. The molecule has 11 heavy (non-hydrogen) atoms. The molecule has 0 saturated heterocycles. The molecule has 0 radical (unpaired) electrons. The highest BCUT2D eigenvalue weighted by atomic mass is 32.2. The summed E-state index contributed by atoms with van der Waals surface area (Å²) in [6, 6.07) is 0.516. The minimum Gasteiger partial charge on any atom is -0.306 e. The Balaban J connectivity index is 3.31. The molecular weight excluding hydrogens is 162 g/mol. The quantitative estimate of drug-likeness (QED) is 0.638. The molecule has 0 fully saturated rings. The van der Waals surface area contributed by atoms with Gasteiger partial charge in [0.2, 0.25) is 0 Å². The highest BCUT2D eigenvalue weighted by molar-refractivity contribution is 7.79. The van der Waals surface area contributed by atoms with Crippen molar-refractivity contribution in [1.29, 1.82) is 0 Å². The summed E-state index contributed by atoms with van der Waals surface area (Å²) in [7, 11) is 2.02. The molecule has 0 aliphatic carbocycles. The number of hydrogen-bond acceptors (Lipinski definition) is 2. The summed E-state index contributed by atoms with van der Waals surface area (Å²) in [5, 5.41) is 0. The van der Waals surface area contributed by atoms with Gasteiger partial charge in [-0.2, -0.15) is 0 Å². The molecule has 0 aromatic rings. The van der Waals surface area contributed by atoms with Crippen LogP contribution in [0, 0.1) is 0 Å². The molecule has 1 atom stereocenters. The van der Waals surface area contributed by atoms with Gasteiger partial charge in [-0.3, -0.25) is 0 Å². The van der Waals surface area contributed by atoms with E-state index in [2.05, 4.69) is 18.7 Å². The summed E-state index contributed by atoms with van der Waals surface area (Å²) in [6.45, 7) is 5.11. The third-order valence-corrected chi connectivity index (χ3v) is 2.35. The molecule has 4 heteroatoms. The summed E-state index contributed by atoms with van der Waals surface area (Å²) in [5.74, 6) is 0.386. The van der Waals surface area contributed by atoms with Gasteiger partial charge in [-0.05, 0) is 33.9 Å². The van der Waals surface area contributed by atoms with Crippen molar-refractivity contribution in [1.82, 2.24) is 4.90 Å². The van der Waals surface area contributed by atoms with Gasteiger partial charge < -0.3 is 9.45 Å². The number of nitrogens with zero attached hydrogens (tertiary/aromatic N) is 1. The molecule has 0 bridgehead atoms. The van der Waals surface area contributed by atoms with E-state index >= 15 is 0 Å². The number of rotatable bonds is 5. The van der Waals surface area contributed by atoms with Crippen molar-refractivity contribution in [2.75, 3.05) is 19.3 Å². The second kappa shape index (κ2) is 5.69. The van der Waals surface area contributed by atoms with Gasteiger partial charge >= 0.3 is 0 Å². The van der Waals surface area contributed by atoms with Crippen LogP contribution in [0.15, 0.2) is 0 Å². The van der Waals surface area contributed by atoms with Crippen LogP contribution in [0.2, 0.25) is 0 Å². The maximum Gasteiger partial charge on any atom is 0.152 e. The largest absolute Gasteiger partial charge is 0.306 e. The van der Waals surface area contributed by atoms with Gasteiger partial charge in [-0.15, -0.1) is 0 Å². The molecular formula is C7H17NO2S. The zero-order chi connectivity index (χ0) is 8.85. The third kappa shape index (κ3) is 6.47. The maximum absolute atomic E-state index is 10.2. The first-order valence-electron chi connectivity index (χ1n) is 3.81. The van der Waals surface area contributed by atoms with Crippen LogP contribution >= 0.6 is 0 Å². The van der Waals surface area contributed by atoms with E-state index in [4.69, 9.17) is 4.55 Å². The normalized spacial score (nSPS) is 14.4. The Morgan fingerprint density at radius 1 is 1.55 bits per heavy atom. The van der Waals surface area contributed by atoms with Crippen molar-refractivity contribution in [2.45, 2.75) is 26.3 Å². The Morgan fingerprint density at radius 3 is 2.45 bits per heavy atom. The average Bonchev–Trinajstić information content (AvgIpc) is 1.86. The van der Waals surface area contributed by atoms with E-state index < -0.39 is 11.1 Å². The molecule has 1 N–H and O–H groups in total. The van der Waals surface area contributed by atoms with Crippen LogP contribution in [0.1, 0.15) is 20.3 Å². The zero-order valence-corrected chi connectivity index (χ0v) is 8.23. The third-order valence-electron chi connectivity index (χ3n) is 1.71. The summed E-state index contributed by atoms with van der Waals surface area (Å²) >= 11 is -1.62. The monoisotopic (exact) mass is 179 g/mol. The van der Waals surface area contributed by atoms with Gasteiger partial charge in [-0.1, -0.05) is 0 Å². The van der Waals surface area contributed by atoms with Crippen LogP contribution < -0.4 is 0 Å². The maximum atomic E-state index is 10.2. The minimum atomic E-state index is -1.62. The van der Waals surface area contributed by atoms with Gasteiger partial charge in [-0.25, -0.2) is 4.21 Å². The topological polar surface area (TPSA) is 40.5 Å². The summed E-state index contributed by atoms with van der Waals surface area (Å²) in [5.41, 5.74) is 0. The van der Waals surface area contributed by atoms with Gasteiger partial charge in [0.1, 0.15) is 0 Å². The van der Waals surface area contributed by atoms with Gasteiger partial charge in [0.15, 0.2) is 11.1 Å². The second-order valence-corrected chi connectivity index (χ2v) is 4.00. The SMILES string of the molecule is CC(C)N(C)CCCS(=O)O. The van der Waals surface area contributed by atoms with E-state index in [1.165, 1.54) is 0 Å². The van der Waals surface area contributed by atoms with E-state index in [1.54, 1.807) is 0 Å². The van der Waals surface area contributed by atoms with Crippen LogP contribution in [-0.2, 0) is 11.1 Å². The second-order valence-electron chi connectivity index (χ2n) is 2.95. The number of hydrogen-bond donors (Lipinski definition) is 1. The first-order valence-corrected chi connectivity index (χ1v) is 5.09. The van der Waals surface area contributed by atoms with Crippen LogP contribution in [0.5, 0.6) is 0 Å². The summed E-state index contributed by atoms with van der Waals surface area (Å²) < 4.78 is 18.7. The Kier molecular flexibility index (Phi) is 5.72. The van der Waals surface area contributed by atoms with Crippen molar-refractivity contribution >= 4 is 11.1 Å². The molecule has 68 valence electrons. The van der Waals surface area contributed by atoms with E-state index in [0.29, 0.717) is 11.8 Å². The highest BCUT2D eigenvalue weighted by Crippen LogP contribution is 1.95. The van der Waals surface area contributed by atoms with Crippen molar-refractivity contribution in [3.63, 3.8) is 0 Å². The molecule has 1 unspecified atom stereocenters. The first-order chi connectivity index (χ1) is 5.04. The molecule has 0 rings (SSSR count). The minimum absolute atomic E-state index is 0.386. The molecule has 0 aromatic carbocycles. The fraction of sp³-hybridized carbons (Fsp3) is 1.00. The molecule has 0 aliphatic rings. The molecule has 0 heterocycles. The van der Waals surface area contributed by atoms with E-state index in [1.807, 2.05) is 7.05 Å². The first kappa shape index (κ1) is 11.1. The lowest BCUT2D eigenvalue weighted by atomic mass is 10.3. The smallest absolute Gasteiger partial charge is 0.152 e. The molecule has 3 nitrogen and oxygen atoms in total. The van der Waals surface area contributed by atoms with E-state index in [9.17, 15) is 4.21 Å². The fourth-order valence-corrected chi connectivity index (χ4v) is 1.07. The van der Waals surface area contributed by atoms with Crippen LogP contribution in [-0.4, -0.2) is 39.0 Å². The predicted molar refractivity (Wildman–Crippen MR) is 48.0 cm³/mol. The Hall–Kier alpha value is 0.0700. The fourth-order valence-electron chi connectivity index (χ4n) is 0.696. The molecule has 0 aromatic heterocycles. The van der Waals surface area contributed by atoms with Crippen molar-refractivity contribution in [3.05, 3.63) is 0 Å². The van der Waals surface area contributed by atoms with Gasteiger partial charge in [0, 0.05) is 6.04 Å². The van der Waals surface area contributed by atoms with Crippen LogP contribution in [0.3, 0.4) is 0 Å². The zero-order valence-electron chi connectivity index (χ0n) is 7.41. The van der Waals surface area contributed by atoms with Crippen LogP contribution in [0.25, 0.3) is 0 Å². The highest BCUT2D eigenvalue weighted by Gasteiger charge is 2.02. The standard InChI is InChI=1S/C7H17NO2S/c1-7(2)8(3)5-4-6-11(9)10/h7H,4-6H2,1-3H3,(H,9,10). The van der Waals surface area contributed by atoms with Crippen molar-refractivity contribution in [2.24, 2.45) is 0 Å². The Morgan fingerprint density at radius 2 is 2.09 bits per heavy atom.